The molecule has 1 amide bonds. The number of amides is 1. The first-order valence-corrected chi connectivity index (χ1v) is 11.9. The number of nitrogens with zero attached hydrogens (tertiary/aromatic N) is 1. The van der Waals surface area contributed by atoms with Gasteiger partial charge in [0.2, 0.25) is 20.3 Å². The van der Waals surface area contributed by atoms with Gasteiger partial charge in [-0.05, 0) is 30.9 Å². The lowest BCUT2D eigenvalue weighted by atomic mass is 9.92. The van der Waals surface area contributed by atoms with Crippen LogP contribution in [0.15, 0.2) is 12.7 Å². The quantitative estimate of drug-likeness (QED) is 0.107. The smallest absolute Gasteiger partial charge is 0.458 e. The third kappa shape index (κ3) is 9.03. The number of β-lactam (4-membered cyclic amide) rings is 1. The number of halogens is 3. The Morgan fingerprint density at radius 1 is 1.39 bits per heavy atom. The normalized spacial score (nSPS) is 20.2. The van der Waals surface area contributed by atoms with Crippen LogP contribution in [-0.2, 0) is 28.0 Å². The van der Waals surface area contributed by atoms with Crippen molar-refractivity contribution in [2.75, 3.05) is 19.0 Å². The second kappa shape index (κ2) is 13.2. The van der Waals surface area contributed by atoms with Crippen LogP contribution in [0.1, 0.15) is 13.8 Å². The highest BCUT2D eigenvalue weighted by Gasteiger charge is 2.56. The summed E-state index contributed by atoms with van der Waals surface area (Å²) in [5, 5.41) is 9.38. The Balaban J connectivity index is 2.89. The zero-order valence-corrected chi connectivity index (χ0v) is 21.0. The van der Waals surface area contributed by atoms with Crippen LogP contribution in [0.5, 0.6) is 0 Å². The molecule has 0 aliphatic carbocycles. The minimum atomic E-state index is -1.90. The van der Waals surface area contributed by atoms with Crippen LogP contribution < -0.4 is 0 Å². The lowest BCUT2D eigenvalue weighted by Gasteiger charge is -2.48. The van der Waals surface area contributed by atoms with Crippen LogP contribution in [-0.4, -0.2) is 72.9 Å². The number of alkyl halides is 3. The lowest BCUT2D eigenvalue weighted by molar-refractivity contribution is -0.189. The maximum atomic E-state index is 12.7. The Kier molecular flexibility index (Phi) is 12.1. The number of aliphatic hydroxyl groups is 1. The molecule has 1 rings (SSSR count). The summed E-state index contributed by atoms with van der Waals surface area (Å²) >= 11 is 23.6. The monoisotopic (exact) mass is 555 g/mol. The Bertz CT molecular complexity index is 694. The molecular formula is C16H20Cl3NO8S3. The Labute approximate surface area is 208 Å². The van der Waals surface area contributed by atoms with Crippen molar-refractivity contribution in [1.82, 2.24) is 4.90 Å². The minimum Gasteiger partial charge on any atom is -0.458 e. The Morgan fingerprint density at radius 3 is 2.58 bits per heavy atom. The number of thiocarbonyl (C=S) groups is 1. The molecule has 1 aliphatic heterocycles. The fourth-order valence-corrected chi connectivity index (χ4v) is 4.42. The van der Waals surface area contributed by atoms with E-state index in [0.29, 0.717) is 5.75 Å². The molecule has 2 unspecified atom stereocenters. The Hall–Kier alpha value is -0.630. The first-order chi connectivity index (χ1) is 14.4. The van der Waals surface area contributed by atoms with Crippen LogP contribution in [0.4, 0.5) is 4.79 Å². The van der Waals surface area contributed by atoms with E-state index in [9.17, 15) is 19.5 Å². The molecule has 1 aliphatic rings. The average molecular weight is 557 g/mol. The van der Waals surface area contributed by atoms with E-state index in [4.69, 9.17) is 60.7 Å². The highest BCUT2D eigenvalue weighted by molar-refractivity contribution is 8.23. The molecule has 0 aromatic heterocycles. The number of carbonyl (C=O) groups excluding carboxylic acids is 3. The van der Waals surface area contributed by atoms with Gasteiger partial charge in [-0.1, -0.05) is 54.4 Å². The van der Waals surface area contributed by atoms with E-state index in [1.54, 1.807) is 0 Å². The predicted molar refractivity (Wildman–Crippen MR) is 123 cm³/mol. The van der Waals surface area contributed by atoms with Gasteiger partial charge in [0.1, 0.15) is 30.6 Å². The topological polar surface area (TPSA) is 112 Å². The zero-order chi connectivity index (χ0) is 23.8. The summed E-state index contributed by atoms with van der Waals surface area (Å²) in [6.07, 6.45) is -2.78. The third-order valence-electron chi connectivity index (χ3n) is 3.54. The number of rotatable bonds is 10. The Morgan fingerprint density at radius 2 is 2.03 bits per heavy atom. The van der Waals surface area contributed by atoms with Gasteiger partial charge in [-0.3, -0.25) is 9.69 Å². The van der Waals surface area contributed by atoms with E-state index in [1.807, 2.05) is 6.92 Å². The van der Waals surface area contributed by atoms with E-state index < -0.39 is 52.1 Å². The van der Waals surface area contributed by atoms with Crippen LogP contribution in [0.3, 0.4) is 0 Å². The summed E-state index contributed by atoms with van der Waals surface area (Å²) in [6, 6.07) is 0. The van der Waals surface area contributed by atoms with Crippen LogP contribution in [0, 0.1) is 5.92 Å². The molecular weight excluding hydrogens is 537 g/mol. The van der Waals surface area contributed by atoms with Crippen molar-refractivity contribution in [2.24, 2.45) is 5.92 Å². The molecule has 31 heavy (non-hydrogen) atoms. The average Bonchev–Trinajstić information content (AvgIpc) is 2.67. The van der Waals surface area contributed by atoms with E-state index in [1.165, 1.54) is 13.0 Å². The second-order valence-corrected chi connectivity index (χ2v) is 11.0. The molecule has 1 fully saturated rings. The first kappa shape index (κ1) is 28.4. The van der Waals surface area contributed by atoms with E-state index in [0.717, 1.165) is 28.7 Å². The maximum Gasteiger partial charge on any atom is 0.508 e. The molecule has 1 heterocycles. The van der Waals surface area contributed by atoms with Crippen LogP contribution >= 0.6 is 70.8 Å². The summed E-state index contributed by atoms with van der Waals surface area (Å²) in [5.41, 5.74) is 0. The standard InChI is InChI=1S/C16H20Cl3NO8S3/c1-4-6-25-13(23)11(22)20-10(21)9(12(20)31-15(29)28-30-5-2)8(3)27-14(24)26-7-16(17,18)19/h4,8-9,11-12,22H,1,5-7H2,2-3H3/t8?,9-,11?,12+/m0/s1. The van der Waals surface area contributed by atoms with Gasteiger partial charge < -0.3 is 23.5 Å². The predicted octanol–water partition coefficient (Wildman–Crippen LogP) is 3.43. The summed E-state index contributed by atoms with van der Waals surface area (Å²) in [7, 11) is 0. The van der Waals surface area contributed by atoms with Crippen molar-refractivity contribution in [3.8, 4) is 0 Å². The minimum absolute atomic E-state index is 0.0528. The van der Waals surface area contributed by atoms with Gasteiger partial charge in [-0.2, -0.15) is 0 Å². The molecule has 4 atom stereocenters. The molecule has 1 N–H and O–H groups in total. The summed E-state index contributed by atoms with van der Waals surface area (Å²) < 4.78 is 18.0. The number of ether oxygens (including phenoxy) is 3. The molecule has 1 saturated heterocycles. The number of carbonyl (C=O) groups is 3. The molecule has 0 spiro atoms. The number of aliphatic hydroxyl groups excluding tert-OH is 1. The van der Waals surface area contributed by atoms with Crippen molar-refractivity contribution in [3.05, 3.63) is 12.7 Å². The molecule has 9 nitrogen and oxygen atoms in total. The number of hydrogen-bond donors (Lipinski definition) is 1. The fraction of sp³-hybridized carbons (Fsp3) is 0.625. The van der Waals surface area contributed by atoms with Crippen molar-refractivity contribution < 1.29 is 37.9 Å². The number of thioether (sulfide) groups is 1. The second-order valence-electron chi connectivity index (χ2n) is 5.79. The lowest BCUT2D eigenvalue weighted by Crippen LogP contribution is -2.68. The summed E-state index contributed by atoms with van der Waals surface area (Å²) in [5.74, 6) is -2.08. The van der Waals surface area contributed by atoms with Gasteiger partial charge in [-0.25, -0.2) is 9.59 Å². The van der Waals surface area contributed by atoms with Gasteiger partial charge in [0.15, 0.2) is 0 Å². The van der Waals surface area contributed by atoms with Crippen molar-refractivity contribution in [1.29, 1.82) is 0 Å². The largest absolute Gasteiger partial charge is 0.508 e. The van der Waals surface area contributed by atoms with E-state index in [2.05, 4.69) is 11.3 Å². The highest BCUT2D eigenvalue weighted by atomic mass is 35.6. The highest BCUT2D eigenvalue weighted by Crippen LogP contribution is 2.41. The third-order valence-corrected chi connectivity index (χ3v) is 6.01. The van der Waals surface area contributed by atoms with E-state index in [-0.39, 0.29) is 11.0 Å². The van der Waals surface area contributed by atoms with Gasteiger partial charge in [0.25, 0.3) is 0 Å². The van der Waals surface area contributed by atoms with Gasteiger partial charge in [-0.15, -0.1) is 0 Å². The van der Waals surface area contributed by atoms with Crippen molar-refractivity contribution >= 4 is 93.2 Å². The molecule has 15 heteroatoms. The van der Waals surface area contributed by atoms with E-state index >= 15 is 0 Å². The van der Waals surface area contributed by atoms with Gasteiger partial charge >= 0.3 is 12.1 Å². The number of hydrogen-bond acceptors (Lipinski definition) is 11. The van der Waals surface area contributed by atoms with Gasteiger partial charge in [0, 0.05) is 5.75 Å². The van der Waals surface area contributed by atoms with Gasteiger partial charge in [0.05, 0.1) is 12.0 Å². The zero-order valence-electron chi connectivity index (χ0n) is 16.3. The maximum absolute atomic E-state index is 12.7. The molecule has 0 aromatic rings. The number of esters is 1. The van der Waals surface area contributed by atoms with Crippen molar-refractivity contribution in [2.45, 2.75) is 35.3 Å². The van der Waals surface area contributed by atoms with Crippen LogP contribution in [0.25, 0.3) is 0 Å². The summed E-state index contributed by atoms with van der Waals surface area (Å²) in [4.78, 5) is 37.3. The molecule has 0 radical (unpaired) electrons. The fourth-order valence-electron chi connectivity index (χ4n) is 2.29. The van der Waals surface area contributed by atoms with Crippen molar-refractivity contribution in [3.63, 3.8) is 0 Å². The SMILES string of the molecule is C=CCOC(=O)C(O)N1C(=O)[C@H](C(C)OC(=O)OCC(Cl)(Cl)Cl)[C@H]1SC(=S)OSCC. The number of likely N-dealkylation sites (tertiary alicyclic amines) is 1. The molecule has 0 saturated carbocycles. The molecule has 0 aromatic carbocycles. The molecule has 0 bridgehead atoms. The van der Waals surface area contributed by atoms with Crippen LogP contribution in [0.2, 0.25) is 0 Å². The first-order valence-electron chi connectivity index (χ1n) is 8.60. The summed E-state index contributed by atoms with van der Waals surface area (Å²) in [6.45, 7) is 5.96. The molecule has 176 valence electrons.